The lowest BCUT2D eigenvalue weighted by Gasteiger charge is -2.25. The van der Waals surface area contributed by atoms with Crippen molar-refractivity contribution in [3.05, 3.63) is 28.8 Å². The average molecular weight is 270 g/mol. The number of hydrogen-bond donors (Lipinski definition) is 0. The molecule has 1 aromatic rings. The zero-order valence-corrected chi connectivity index (χ0v) is 11.3. The summed E-state index contributed by atoms with van der Waals surface area (Å²) in [6, 6.07) is 7.07. The summed E-state index contributed by atoms with van der Waals surface area (Å²) in [5.41, 5.74) is 2.30. The van der Waals surface area contributed by atoms with Gasteiger partial charge in [0.1, 0.15) is 0 Å². The predicted molar refractivity (Wildman–Crippen MR) is 74.1 cm³/mol. The lowest BCUT2D eigenvalue weighted by Crippen LogP contribution is -2.27. The van der Waals surface area contributed by atoms with Gasteiger partial charge in [0.05, 0.1) is 0 Å². The summed E-state index contributed by atoms with van der Waals surface area (Å²) in [5, 5.41) is 0.805. The maximum atomic E-state index is 6.24. The zero-order valence-electron chi connectivity index (χ0n) is 9.83. The Balaban J connectivity index is 1.81. The SMILES string of the molecule is ClCc1ccc(N(CC2CC2)C2CC2)cc1Cl. The van der Waals surface area contributed by atoms with Crippen molar-refractivity contribution in [1.82, 2.24) is 0 Å². The van der Waals surface area contributed by atoms with Gasteiger partial charge in [-0.15, -0.1) is 11.6 Å². The van der Waals surface area contributed by atoms with Crippen LogP contribution in [0, 0.1) is 5.92 Å². The van der Waals surface area contributed by atoms with E-state index < -0.39 is 0 Å². The third-order valence-corrected chi connectivity index (χ3v) is 4.29. The van der Waals surface area contributed by atoms with Crippen molar-refractivity contribution in [2.45, 2.75) is 37.6 Å². The number of benzene rings is 1. The molecule has 0 unspecified atom stereocenters. The normalized spacial score (nSPS) is 19.4. The van der Waals surface area contributed by atoms with Gasteiger partial charge in [0, 0.05) is 29.2 Å². The third kappa shape index (κ3) is 2.71. The Bertz CT molecular complexity index is 411. The molecule has 0 spiro atoms. The topological polar surface area (TPSA) is 3.24 Å². The summed E-state index contributed by atoms with van der Waals surface area (Å²) < 4.78 is 0. The van der Waals surface area contributed by atoms with Crippen LogP contribution < -0.4 is 4.90 Å². The van der Waals surface area contributed by atoms with Gasteiger partial charge in [0.2, 0.25) is 0 Å². The van der Waals surface area contributed by atoms with E-state index in [1.54, 1.807) is 0 Å². The van der Waals surface area contributed by atoms with Crippen LogP contribution >= 0.6 is 23.2 Å². The van der Waals surface area contributed by atoms with Gasteiger partial charge in [0.25, 0.3) is 0 Å². The van der Waals surface area contributed by atoms with E-state index in [2.05, 4.69) is 23.1 Å². The highest BCUT2D eigenvalue weighted by atomic mass is 35.5. The maximum absolute atomic E-state index is 6.24. The number of alkyl halides is 1. The molecule has 0 N–H and O–H groups in total. The van der Waals surface area contributed by atoms with Crippen molar-refractivity contribution in [1.29, 1.82) is 0 Å². The molecule has 0 aliphatic heterocycles. The van der Waals surface area contributed by atoms with Crippen LogP contribution in [0.5, 0.6) is 0 Å². The largest absolute Gasteiger partial charge is 0.368 e. The molecule has 0 radical (unpaired) electrons. The molecule has 2 saturated carbocycles. The third-order valence-electron chi connectivity index (χ3n) is 3.65. The van der Waals surface area contributed by atoms with Gasteiger partial charge in [-0.3, -0.25) is 0 Å². The highest BCUT2D eigenvalue weighted by Gasteiger charge is 2.33. The van der Waals surface area contributed by atoms with E-state index in [0.29, 0.717) is 5.88 Å². The van der Waals surface area contributed by atoms with Crippen LogP contribution in [0.4, 0.5) is 5.69 Å². The van der Waals surface area contributed by atoms with E-state index in [1.807, 2.05) is 0 Å². The van der Waals surface area contributed by atoms with Gasteiger partial charge in [-0.05, 0) is 49.3 Å². The summed E-state index contributed by atoms with van der Waals surface area (Å²) in [6.07, 6.45) is 5.47. The van der Waals surface area contributed by atoms with Crippen molar-refractivity contribution >= 4 is 28.9 Å². The second-order valence-corrected chi connectivity index (χ2v) is 5.91. The minimum Gasteiger partial charge on any atom is -0.368 e. The Morgan fingerprint density at radius 3 is 2.47 bits per heavy atom. The molecule has 1 aromatic carbocycles. The predicted octanol–water partition coefficient (Wildman–Crippen LogP) is 4.46. The van der Waals surface area contributed by atoms with E-state index in [9.17, 15) is 0 Å². The smallest absolute Gasteiger partial charge is 0.0488 e. The number of nitrogens with zero attached hydrogens (tertiary/aromatic N) is 1. The fraction of sp³-hybridized carbons (Fsp3) is 0.571. The summed E-state index contributed by atoms with van der Waals surface area (Å²) in [5.74, 6) is 1.41. The van der Waals surface area contributed by atoms with Crippen molar-refractivity contribution in [3.63, 3.8) is 0 Å². The molecule has 3 heteroatoms. The molecule has 0 aromatic heterocycles. The van der Waals surface area contributed by atoms with Crippen LogP contribution in [0.1, 0.15) is 31.2 Å². The molecule has 0 heterocycles. The molecule has 2 aliphatic carbocycles. The molecular formula is C14H17Cl2N. The summed E-state index contributed by atoms with van der Waals surface area (Å²) >= 11 is 12.1. The monoisotopic (exact) mass is 269 g/mol. The van der Waals surface area contributed by atoms with Crippen LogP contribution in [0.2, 0.25) is 5.02 Å². The fourth-order valence-electron chi connectivity index (χ4n) is 2.25. The Kier molecular flexibility index (Phi) is 3.23. The molecular weight excluding hydrogens is 253 g/mol. The van der Waals surface area contributed by atoms with Gasteiger partial charge in [0.15, 0.2) is 0 Å². The Hall–Kier alpha value is -0.400. The molecule has 17 heavy (non-hydrogen) atoms. The van der Waals surface area contributed by atoms with Gasteiger partial charge in [-0.1, -0.05) is 17.7 Å². The molecule has 92 valence electrons. The number of hydrogen-bond acceptors (Lipinski definition) is 1. The molecule has 3 rings (SSSR count). The van der Waals surface area contributed by atoms with E-state index in [0.717, 1.165) is 22.5 Å². The van der Waals surface area contributed by atoms with Gasteiger partial charge in [-0.25, -0.2) is 0 Å². The number of rotatable bonds is 5. The first-order valence-electron chi connectivity index (χ1n) is 6.39. The highest BCUT2D eigenvalue weighted by Crippen LogP contribution is 2.38. The Morgan fingerprint density at radius 2 is 1.94 bits per heavy atom. The minimum absolute atomic E-state index is 0.491. The Morgan fingerprint density at radius 1 is 1.18 bits per heavy atom. The standard InChI is InChI=1S/C14H17Cl2N/c15-8-11-3-4-13(7-14(11)16)17(12-5-6-12)9-10-1-2-10/h3-4,7,10,12H,1-2,5-6,8-9H2. The van der Waals surface area contributed by atoms with Gasteiger partial charge in [-0.2, -0.15) is 0 Å². The quantitative estimate of drug-likeness (QED) is 0.714. The van der Waals surface area contributed by atoms with Crippen LogP contribution in [0.25, 0.3) is 0 Å². The van der Waals surface area contributed by atoms with Gasteiger partial charge < -0.3 is 4.90 Å². The molecule has 0 atom stereocenters. The first-order valence-corrected chi connectivity index (χ1v) is 7.30. The second kappa shape index (κ2) is 4.70. The molecule has 2 fully saturated rings. The molecule has 0 amide bonds. The highest BCUT2D eigenvalue weighted by molar-refractivity contribution is 6.32. The molecule has 1 nitrogen and oxygen atoms in total. The summed E-state index contributed by atoms with van der Waals surface area (Å²) in [7, 11) is 0. The molecule has 0 saturated heterocycles. The number of anilines is 1. The maximum Gasteiger partial charge on any atom is 0.0488 e. The van der Waals surface area contributed by atoms with Crippen LogP contribution in [0.3, 0.4) is 0 Å². The first kappa shape index (κ1) is 11.7. The minimum atomic E-state index is 0.491. The molecule has 0 bridgehead atoms. The lowest BCUT2D eigenvalue weighted by molar-refractivity contribution is 0.719. The van der Waals surface area contributed by atoms with Crippen molar-refractivity contribution in [2.24, 2.45) is 5.92 Å². The van der Waals surface area contributed by atoms with Gasteiger partial charge >= 0.3 is 0 Å². The van der Waals surface area contributed by atoms with Crippen LogP contribution in [-0.4, -0.2) is 12.6 Å². The zero-order chi connectivity index (χ0) is 11.8. The van der Waals surface area contributed by atoms with E-state index >= 15 is 0 Å². The van der Waals surface area contributed by atoms with Crippen molar-refractivity contribution in [3.8, 4) is 0 Å². The van der Waals surface area contributed by atoms with E-state index in [4.69, 9.17) is 23.2 Å². The second-order valence-electron chi connectivity index (χ2n) is 5.24. The fourth-order valence-corrected chi connectivity index (χ4v) is 2.80. The van der Waals surface area contributed by atoms with E-state index in [-0.39, 0.29) is 0 Å². The number of halogens is 2. The lowest BCUT2D eigenvalue weighted by atomic mass is 10.2. The van der Waals surface area contributed by atoms with Crippen LogP contribution in [0.15, 0.2) is 18.2 Å². The summed E-state index contributed by atoms with van der Waals surface area (Å²) in [4.78, 5) is 2.54. The van der Waals surface area contributed by atoms with Crippen molar-refractivity contribution < 1.29 is 0 Å². The molecule has 2 aliphatic rings. The van der Waals surface area contributed by atoms with Crippen LogP contribution in [-0.2, 0) is 5.88 Å². The van der Waals surface area contributed by atoms with Crippen molar-refractivity contribution in [2.75, 3.05) is 11.4 Å². The van der Waals surface area contributed by atoms with E-state index in [1.165, 1.54) is 37.9 Å². The Labute approximate surface area is 113 Å². The average Bonchev–Trinajstić information content (AvgIpc) is 3.17. The first-order chi connectivity index (χ1) is 8.28. The summed E-state index contributed by atoms with van der Waals surface area (Å²) in [6.45, 7) is 1.21.